The minimum atomic E-state index is -0.919. The monoisotopic (exact) mass is 283 g/mol. The summed E-state index contributed by atoms with van der Waals surface area (Å²) >= 11 is 5.96. The number of amides is 1. The van der Waals surface area contributed by atoms with Crippen molar-refractivity contribution in [3.63, 3.8) is 0 Å². The van der Waals surface area contributed by atoms with E-state index in [4.69, 9.17) is 11.6 Å². The van der Waals surface area contributed by atoms with Crippen LogP contribution in [0.25, 0.3) is 0 Å². The number of phenols is 1. The lowest BCUT2D eigenvalue weighted by Crippen LogP contribution is -2.62. The molecule has 1 fully saturated rings. The van der Waals surface area contributed by atoms with Gasteiger partial charge in [-0.25, -0.2) is 4.79 Å². The van der Waals surface area contributed by atoms with Gasteiger partial charge in [0.05, 0.1) is 0 Å². The molecule has 5 heteroatoms. The fraction of sp³-hybridized carbons (Fsp3) is 0.500. The zero-order chi connectivity index (χ0) is 14.4. The first-order valence-corrected chi connectivity index (χ1v) is 6.57. The highest BCUT2D eigenvalue weighted by atomic mass is 35.5. The molecule has 19 heavy (non-hydrogen) atoms. The smallest absolute Gasteiger partial charge is 0.407 e. The van der Waals surface area contributed by atoms with Gasteiger partial charge < -0.3 is 15.1 Å². The molecule has 1 aliphatic heterocycles. The van der Waals surface area contributed by atoms with Crippen molar-refractivity contribution < 1.29 is 15.0 Å². The lowest BCUT2D eigenvalue weighted by molar-refractivity contribution is -0.00229. The fourth-order valence-electron chi connectivity index (χ4n) is 2.86. The van der Waals surface area contributed by atoms with Gasteiger partial charge in [0, 0.05) is 29.1 Å². The van der Waals surface area contributed by atoms with Crippen LogP contribution >= 0.6 is 11.6 Å². The van der Waals surface area contributed by atoms with Gasteiger partial charge in [-0.1, -0.05) is 32.4 Å². The molecule has 2 atom stereocenters. The molecule has 0 saturated carbocycles. The highest BCUT2D eigenvalue weighted by Gasteiger charge is 2.49. The third kappa shape index (κ3) is 2.50. The highest BCUT2D eigenvalue weighted by Crippen LogP contribution is 2.46. The largest absolute Gasteiger partial charge is 0.508 e. The van der Waals surface area contributed by atoms with E-state index < -0.39 is 6.09 Å². The fourth-order valence-corrected chi connectivity index (χ4v) is 3.04. The van der Waals surface area contributed by atoms with Crippen LogP contribution in [-0.2, 0) is 0 Å². The summed E-state index contributed by atoms with van der Waals surface area (Å²) in [5, 5.41) is 19.7. The molecule has 0 aliphatic carbocycles. The lowest BCUT2D eigenvalue weighted by atomic mass is 9.69. The van der Waals surface area contributed by atoms with E-state index in [1.54, 1.807) is 18.2 Å². The molecule has 1 heterocycles. The Hall–Kier alpha value is -1.42. The Morgan fingerprint density at radius 3 is 2.58 bits per heavy atom. The number of hydrogen-bond acceptors (Lipinski definition) is 2. The van der Waals surface area contributed by atoms with Gasteiger partial charge in [0.2, 0.25) is 0 Å². The molecule has 0 bridgehead atoms. The molecular weight excluding hydrogens is 266 g/mol. The second-order valence-electron chi connectivity index (χ2n) is 6.06. The first-order valence-electron chi connectivity index (χ1n) is 6.20. The van der Waals surface area contributed by atoms with Crippen molar-refractivity contribution in [1.82, 2.24) is 4.90 Å². The number of carboxylic acid groups (broad SMARTS) is 1. The molecule has 2 unspecified atom stereocenters. The molecule has 0 spiro atoms. The van der Waals surface area contributed by atoms with Crippen LogP contribution < -0.4 is 0 Å². The Labute approximate surface area is 117 Å². The van der Waals surface area contributed by atoms with E-state index >= 15 is 0 Å². The molecule has 1 aromatic carbocycles. The van der Waals surface area contributed by atoms with Crippen molar-refractivity contribution in [3.8, 4) is 5.75 Å². The normalized spacial score (nSPS) is 23.1. The molecule has 1 amide bonds. The molecule has 0 aromatic heterocycles. The molecule has 1 aromatic rings. The maximum absolute atomic E-state index is 11.2. The summed E-state index contributed by atoms with van der Waals surface area (Å²) in [6.07, 6.45) is -0.919. The quantitative estimate of drug-likeness (QED) is 0.829. The van der Waals surface area contributed by atoms with Crippen molar-refractivity contribution in [1.29, 1.82) is 0 Å². The third-order valence-electron chi connectivity index (χ3n) is 3.63. The molecule has 0 radical (unpaired) electrons. The molecule has 1 aliphatic rings. The number of phenolic OH excluding ortho intramolecular Hbond substituents is 1. The number of halogens is 1. The predicted molar refractivity (Wildman–Crippen MR) is 73.8 cm³/mol. The Morgan fingerprint density at radius 2 is 2.05 bits per heavy atom. The van der Waals surface area contributed by atoms with E-state index in [0.29, 0.717) is 11.6 Å². The van der Waals surface area contributed by atoms with E-state index in [2.05, 4.69) is 0 Å². The second kappa shape index (κ2) is 4.60. The average Bonchev–Trinajstić information content (AvgIpc) is 2.18. The number of carbonyl (C=O) groups is 1. The van der Waals surface area contributed by atoms with Gasteiger partial charge in [-0.2, -0.15) is 0 Å². The number of likely N-dealkylation sites (tertiary alicyclic amines) is 1. The molecule has 1 saturated heterocycles. The topological polar surface area (TPSA) is 60.8 Å². The van der Waals surface area contributed by atoms with Crippen molar-refractivity contribution in [2.75, 3.05) is 6.54 Å². The van der Waals surface area contributed by atoms with Gasteiger partial charge in [0.25, 0.3) is 0 Å². The van der Waals surface area contributed by atoms with Gasteiger partial charge in [-0.15, -0.1) is 0 Å². The van der Waals surface area contributed by atoms with E-state index in [0.717, 1.165) is 5.56 Å². The minimum Gasteiger partial charge on any atom is -0.508 e. The lowest BCUT2D eigenvalue weighted by Gasteiger charge is -2.53. The number of rotatable bonds is 1. The van der Waals surface area contributed by atoms with Crippen LogP contribution in [0.15, 0.2) is 18.2 Å². The summed E-state index contributed by atoms with van der Waals surface area (Å²) in [6, 6.07) is 4.75. The Balaban J connectivity index is 2.36. The molecule has 104 valence electrons. The van der Waals surface area contributed by atoms with Crippen LogP contribution in [0.3, 0.4) is 0 Å². The summed E-state index contributed by atoms with van der Waals surface area (Å²) in [5.74, 6) is 0.156. The first kappa shape index (κ1) is 14.0. The predicted octanol–water partition coefficient (Wildman–Crippen LogP) is 3.54. The summed E-state index contributed by atoms with van der Waals surface area (Å²) in [4.78, 5) is 12.6. The van der Waals surface area contributed by atoms with Gasteiger partial charge in [-0.05, 0) is 23.6 Å². The van der Waals surface area contributed by atoms with Crippen LogP contribution in [0, 0.1) is 5.41 Å². The van der Waals surface area contributed by atoms with E-state index in [9.17, 15) is 15.0 Å². The molecule has 4 nitrogen and oxygen atoms in total. The van der Waals surface area contributed by atoms with Crippen molar-refractivity contribution >= 4 is 17.7 Å². The maximum atomic E-state index is 11.2. The van der Waals surface area contributed by atoms with Crippen LogP contribution in [0.5, 0.6) is 5.75 Å². The Kier molecular flexibility index (Phi) is 3.39. The summed E-state index contributed by atoms with van der Waals surface area (Å²) in [6.45, 7) is 6.40. The Bertz CT molecular complexity index is 510. The van der Waals surface area contributed by atoms with Gasteiger partial charge in [0.1, 0.15) is 5.75 Å². The van der Waals surface area contributed by atoms with Gasteiger partial charge in [-0.3, -0.25) is 0 Å². The summed E-state index contributed by atoms with van der Waals surface area (Å²) in [7, 11) is 0. The third-order valence-corrected chi connectivity index (χ3v) is 3.87. The number of hydrogen-bond donors (Lipinski definition) is 2. The summed E-state index contributed by atoms with van der Waals surface area (Å²) < 4.78 is 0. The first-order chi connectivity index (χ1) is 8.71. The van der Waals surface area contributed by atoms with E-state index in [-0.39, 0.29) is 23.1 Å². The number of nitrogens with zero attached hydrogens (tertiary/aromatic N) is 1. The van der Waals surface area contributed by atoms with Crippen LogP contribution in [0.1, 0.15) is 32.3 Å². The van der Waals surface area contributed by atoms with Gasteiger partial charge >= 0.3 is 6.09 Å². The standard InChI is InChI=1S/C14H18ClNO3/c1-14(2,3)12-10(7-16(12)13(18)19)9-6-8(15)4-5-11(9)17/h4-6,10,12,17H,7H2,1-3H3,(H,18,19). The zero-order valence-electron chi connectivity index (χ0n) is 11.2. The van der Waals surface area contributed by atoms with Crippen molar-refractivity contribution in [3.05, 3.63) is 28.8 Å². The van der Waals surface area contributed by atoms with Crippen LogP contribution in [-0.4, -0.2) is 33.8 Å². The van der Waals surface area contributed by atoms with Crippen LogP contribution in [0.4, 0.5) is 4.79 Å². The molecule has 2 rings (SSSR count). The minimum absolute atomic E-state index is 0.0187. The highest BCUT2D eigenvalue weighted by molar-refractivity contribution is 6.30. The van der Waals surface area contributed by atoms with E-state index in [1.807, 2.05) is 20.8 Å². The number of benzene rings is 1. The number of aromatic hydroxyl groups is 1. The van der Waals surface area contributed by atoms with Gasteiger partial charge in [0.15, 0.2) is 0 Å². The molecular formula is C14H18ClNO3. The average molecular weight is 284 g/mol. The van der Waals surface area contributed by atoms with Crippen molar-refractivity contribution in [2.24, 2.45) is 5.41 Å². The van der Waals surface area contributed by atoms with Crippen LogP contribution in [0.2, 0.25) is 5.02 Å². The Morgan fingerprint density at radius 1 is 1.42 bits per heavy atom. The maximum Gasteiger partial charge on any atom is 0.407 e. The molecule has 2 N–H and O–H groups in total. The van der Waals surface area contributed by atoms with Crippen molar-refractivity contribution in [2.45, 2.75) is 32.7 Å². The zero-order valence-corrected chi connectivity index (χ0v) is 12.0. The second-order valence-corrected chi connectivity index (χ2v) is 6.49. The van der Waals surface area contributed by atoms with E-state index in [1.165, 1.54) is 4.90 Å². The SMILES string of the molecule is CC(C)(C)C1C(c2cc(Cl)ccc2O)CN1C(=O)O. The summed E-state index contributed by atoms with van der Waals surface area (Å²) in [5.41, 5.74) is 0.528.